The number of benzene rings is 2. The van der Waals surface area contributed by atoms with Crippen molar-refractivity contribution >= 4 is 22.9 Å². The van der Waals surface area contributed by atoms with Crippen molar-refractivity contribution in [3.05, 3.63) is 58.7 Å². The molecule has 0 bridgehead atoms. The number of rotatable bonds is 4. The Kier molecular flexibility index (Phi) is 6.26. The quantitative estimate of drug-likeness (QED) is 0.445. The third-order valence-corrected chi connectivity index (χ3v) is 9.17. The lowest BCUT2D eigenvalue weighted by atomic mass is 9.77. The minimum Gasteiger partial charge on any atom is -0.381 e. The second kappa shape index (κ2) is 9.20. The minimum atomic E-state index is -0.0436. The Bertz CT molecular complexity index is 1020. The molecule has 180 valence electrons. The van der Waals surface area contributed by atoms with E-state index >= 15 is 0 Å². The molecule has 0 heterocycles. The van der Waals surface area contributed by atoms with Gasteiger partial charge in [0.05, 0.1) is 11.1 Å². The topological polar surface area (TPSA) is 58.2 Å². The summed E-state index contributed by atoms with van der Waals surface area (Å²) in [6.07, 6.45) is 7.10. The fourth-order valence-electron chi connectivity index (χ4n) is 6.45. The van der Waals surface area contributed by atoms with Crippen LogP contribution in [0.5, 0.6) is 0 Å². The van der Waals surface area contributed by atoms with Gasteiger partial charge in [-0.25, -0.2) is 0 Å². The van der Waals surface area contributed by atoms with E-state index in [1.165, 1.54) is 25.7 Å². The molecule has 2 aromatic carbocycles. The molecule has 34 heavy (non-hydrogen) atoms. The molecule has 2 aromatic rings. The van der Waals surface area contributed by atoms with Crippen LogP contribution in [-0.2, 0) is 0 Å². The highest BCUT2D eigenvalue weighted by molar-refractivity contribution is 6.31. The van der Waals surface area contributed by atoms with E-state index in [-0.39, 0.29) is 11.6 Å². The fraction of sp³-hybridized carbons (Fsp3) is 0.533. The number of ketones is 2. The summed E-state index contributed by atoms with van der Waals surface area (Å²) in [4.78, 5) is 27.6. The zero-order valence-corrected chi connectivity index (χ0v) is 21.0. The van der Waals surface area contributed by atoms with Gasteiger partial charge in [-0.1, -0.05) is 77.6 Å². The Hall–Kier alpha value is -2.62. The summed E-state index contributed by atoms with van der Waals surface area (Å²) in [5.74, 6) is 2.28. The number of carbonyl (C=O) groups excluding carboxylic acids is 2. The average molecular weight is 459 g/mol. The molecule has 4 heteroatoms. The number of fused-ring (bicyclic) bond motifs is 2. The normalized spacial score (nSPS) is 30.9. The molecule has 0 saturated heterocycles. The predicted molar refractivity (Wildman–Crippen MR) is 139 cm³/mol. The molecule has 5 rings (SSSR count). The van der Waals surface area contributed by atoms with Crippen LogP contribution >= 0.6 is 0 Å². The molecule has 2 saturated carbocycles. The van der Waals surface area contributed by atoms with E-state index in [2.05, 4.69) is 38.3 Å². The van der Waals surface area contributed by atoms with Crippen molar-refractivity contribution in [2.24, 2.45) is 23.7 Å². The molecule has 0 aromatic heterocycles. The molecular formula is C30H38N2O2. The van der Waals surface area contributed by atoms with E-state index < -0.39 is 0 Å². The first-order chi connectivity index (χ1) is 16.4. The summed E-state index contributed by atoms with van der Waals surface area (Å²) in [5.41, 5.74) is 3.75. The molecule has 6 atom stereocenters. The largest absolute Gasteiger partial charge is 0.381 e. The lowest BCUT2D eigenvalue weighted by Crippen LogP contribution is -2.36. The van der Waals surface area contributed by atoms with Crippen LogP contribution in [0.2, 0.25) is 0 Å². The van der Waals surface area contributed by atoms with Crippen molar-refractivity contribution in [1.82, 2.24) is 0 Å². The molecule has 3 aliphatic carbocycles. The van der Waals surface area contributed by atoms with Crippen LogP contribution in [0.15, 0.2) is 36.4 Å². The molecule has 0 aliphatic heterocycles. The van der Waals surface area contributed by atoms with Crippen LogP contribution in [0.1, 0.15) is 98.1 Å². The first-order valence-corrected chi connectivity index (χ1v) is 13.2. The molecular weight excluding hydrogens is 420 g/mol. The molecule has 0 amide bonds. The summed E-state index contributed by atoms with van der Waals surface area (Å²) < 4.78 is 0. The Morgan fingerprint density at radius 1 is 0.618 bits per heavy atom. The number of anilines is 2. The van der Waals surface area contributed by atoms with E-state index in [1.54, 1.807) is 0 Å². The third kappa shape index (κ3) is 3.95. The standard InChI is InChI=1S/C30H38N2O2/c1-17-9-5-13-23(19(17)3)31-25-15-7-11-21-27(25)29(33)22-12-8-16-26(28(22)30(21)34)32-24-14-6-10-18(2)20(24)4/h7-8,11-12,15-20,23-24,31-32H,5-6,9-10,13-14H2,1-4H3. The van der Waals surface area contributed by atoms with Gasteiger partial charge in [-0.15, -0.1) is 0 Å². The number of hydrogen-bond donors (Lipinski definition) is 2. The van der Waals surface area contributed by atoms with Gasteiger partial charge >= 0.3 is 0 Å². The van der Waals surface area contributed by atoms with Crippen molar-refractivity contribution in [3.63, 3.8) is 0 Å². The van der Waals surface area contributed by atoms with Gasteiger partial charge in [-0.2, -0.15) is 0 Å². The van der Waals surface area contributed by atoms with Gasteiger partial charge in [-0.05, 0) is 48.6 Å². The Balaban J connectivity index is 1.49. The SMILES string of the molecule is CC1CCCC(Nc2cccc3c2C(=O)c2cccc(NC4CCCC(C)C4C)c2C3=O)C1C. The molecule has 0 spiro atoms. The van der Waals surface area contributed by atoms with Gasteiger partial charge in [0.15, 0.2) is 11.6 Å². The molecule has 4 nitrogen and oxygen atoms in total. The number of nitrogens with one attached hydrogen (secondary N) is 2. The highest BCUT2D eigenvalue weighted by atomic mass is 16.1. The Morgan fingerprint density at radius 3 is 1.44 bits per heavy atom. The van der Waals surface area contributed by atoms with E-state index in [0.29, 0.717) is 58.0 Å². The van der Waals surface area contributed by atoms with Gasteiger partial charge < -0.3 is 10.6 Å². The van der Waals surface area contributed by atoms with E-state index in [9.17, 15) is 9.59 Å². The summed E-state index contributed by atoms with van der Waals surface area (Å²) in [5, 5.41) is 7.35. The number of hydrogen-bond acceptors (Lipinski definition) is 4. The first kappa shape index (κ1) is 23.1. The maximum absolute atomic E-state index is 13.8. The zero-order chi connectivity index (χ0) is 24.0. The van der Waals surface area contributed by atoms with Crippen LogP contribution < -0.4 is 10.6 Å². The van der Waals surface area contributed by atoms with E-state index in [4.69, 9.17) is 0 Å². The molecule has 2 N–H and O–H groups in total. The average Bonchev–Trinajstić information content (AvgIpc) is 2.83. The highest BCUT2D eigenvalue weighted by Crippen LogP contribution is 2.39. The van der Waals surface area contributed by atoms with Crippen molar-refractivity contribution in [1.29, 1.82) is 0 Å². The smallest absolute Gasteiger partial charge is 0.196 e. The van der Waals surface area contributed by atoms with E-state index in [1.807, 2.05) is 36.4 Å². The zero-order valence-electron chi connectivity index (χ0n) is 21.0. The van der Waals surface area contributed by atoms with Crippen molar-refractivity contribution < 1.29 is 9.59 Å². The predicted octanol–water partition coefficient (Wildman–Crippen LogP) is 6.94. The highest BCUT2D eigenvalue weighted by Gasteiger charge is 2.36. The summed E-state index contributed by atoms with van der Waals surface area (Å²) >= 11 is 0. The third-order valence-electron chi connectivity index (χ3n) is 9.17. The van der Waals surface area contributed by atoms with Gasteiger partial charge in [-0.3, -0.25) is 9.59 Å². The van der Waals surface area contributed by atoms with Crippen LogP contribution in [0, 0.1) is 23.7 Å². The van der Waals surface area contributed by atoms with E-state index in [0.717, 1.165) is 24.2 Å². The van der Waals surface area contributed by atoms with Crippen molar-refractivity contribution in [2.75, 3.05) is 10.6 Å². The Labute approximate surface area is 203 Å². The summed E-state index contributed by atoms with van der Waals surface area (Å²) in [6, 6.07) is 12.0. The van der Waals surface area contributed by atoms with Gasteiger partial charge in [0.1, 0.15) is 0 Å². The minimum absolute atomic E-state index is 0.0436. The maximum atomic E-state index is 13.8. The molecule has 2 fully saturated rings. The van der Waals surface area contributed by atoms with Crippen LogP contribution in [0.3, 0.4) is 0 Å². The second-order valence-corrected chi connectivity index (χ2v) is 11.2. The van der Waals surface area contributed by atoms with Gasteiger partial charge in [0, 0.05) is 34.6 Å². The molecule has 6 unspecified atom stereocenters. The Morgan fingerprint density at radius 2 is 1.03 bits per heavy atom. The van der Waals surface area contributed by atoms with Crippen LogP contribution in [0.4, 0.5) is 11.4 Å². The van der Waals surface area contributed by atoms with Crippen LogP contribution in [0.25, 0.3) is 0 Å². The monoisotopic (exact) mass is 458 g/mol. The van der Waals surface area contributed by atoms with Gasteiger partial charge in [0.2, 0.25) is 0 Å². The molecule has 3 aliphatic rings. The van der Waals surface area contributed by atoms with Gasteiger partial charge in [0.25, 0.3) is 0 Å². The number of carbonyl (C=O) groups is 2. The summed E-state index contributed by atoms with van der Waals surface area (Å²) in [6.45, 7) is 9.22. The van der Waals surface area contributed by atoms with Crippen LogP contribution in [-0.4, -0.2) is 23.7 Å². The van der Waals surface area contributed by atoms with Crippen molar-refractivity contribution in [3.8, 4) is 0 Å². The summed E-state index contributed by atoms with van der Waals surface area (Å²) in [7, 11) is 0. The fourth-order valence-corrected chi connectivity index (χ4v) is 6.45. The lowest BCUT2D eigenvalue weighted by molar-refractivity contribution is 0.0980. The lowest BCUT2D eigenvalue weighted by Gasteiger charge is -2.36. The first-order valence-electron chi connectivity index (χ1n) is 13.2. The second-order valence-electron chi connectivity index (χ2n) is 11.2. The maximum Gasteiger partial charge on any atom is 0.196 e. The molecule has 0 radical (unpaired) electrons. The van der Waals surface area contributed by atoms with Crippen molar-refractivity contribution in [2.45, 2.75) is 78.3 Å².